The predicted molar refractivity (Wildman–Crippen MR) is 122 cm³/mol. The predicted octanol–water partition coefficient (Wildman–Crippen LogP) is 4.50. The van der Waals surface area contributed by atoms with Gasteiger partial charge in [0, 0.05) is 32.4 Å². The van der Waals surface area contributed by atoms with Crippen molar-refractivity contribution in [2.24, 2.45) is 0 Å². The molecule has 0 unspecified atom stereocenters. The van der Waals surface area contributed by atoms with Gasteiger partial charge in [-0.15, -0.1) is 0 Å². The highest BCUT2D eigenvalue weighted by atomic mass is 16.5. The number of likely N-dealkylation sites (tertiary alicyclic amines) is 1. The Morgan fingerprint density at radius 3 is 2.47 bits per heavy atom. The SMILES string of the molecule is COc1ccc(OCCCC(=O)N2CCC3(CC2)CC(=O)c2c(C)cc(C)cc2O3)cc1. The summed E-state index contributed by atoms with van der Waals surface area (Å²) in [7, 11) is 1.63. The molecule has 0 saturated carbocycles. The molecule has 0 bridgehead atoms. The van der Waals surface area contributed by atoms with Crippen LogP contribution in [0.3, 0.4) is 0 Å². The van der Waals surface area contributed by atoms with E-state index < -0.39 is 5.60 Å². The zero-order valence-electron chi connectivity index (χ0n) is 19.1. The van der Waals surface area contributed by atoms with Gasteiger partial charge in [0.15, 0.2) is 5.78 Å². The van der Waals surface area contributed by atoms with Crippen LogP contribution in [0.25, 0.3) is 0 Å². The molecule has 2 aliphatic rings. The number of hydrogen-bond acceptors (Lipinski definition) is 5. The number of methoxy groups -OCH3 is 1. The maximum atomic E-state index is 12.9. The molecule has 170 valence electrons. The number of ketones is 1. The summed E-state index contributed by atoms with van der Waals surface area (Å²) < 4.78 is 17.2. The van der Waals surface area contributed by atoms with E-state index in [9.17, 15) is 9.59 Å². The van der Waals surface area contributed by atoms with Crippen molar-refractivity contribution in [3.8, 4) is 17.2 Å². The van der Waals surface area contributed by atoms with Crippen molar-refractivity contribution in [2.75, 3.05) is 26.8 Å². The number of piperidine rings is 1. The topological polar surface area (TPSA) is 65.1 Å². The van der Waals surface area contributed by atoms with Crippen LogP contribution in [0.4, 0.5) is 0 Å². The summed E-state index contributed by atoms with van der Waals surface area (Å²) in [5.74, 6) is 2.54. The lowest BCUT2D eigenvalue weighted by Crippen LogP contribution is -2.52. The van der Waals surface area contributed by atoms with Gasteiger partial charge in [0.2, 0.25) is 5.91 Å². The Hall–Kier alpha value is -3.02. The number of aryl methyl sites for hydroxylation is 2. The summed E-state index contributed by atoms with van der Waals surface area (Å²) in [4.78, 5) is 27.4. The molecular formula is C26H31NO5. The first kappa shape index (κ1) is 22.2. The average Bonchev–Trinajstić information content (AvgIpc) is 2.76. The van der Waals surface area contributed by atoms with Crippen molar-refractivity contribution in [3.63, 3.8) is 0 Å². The molecule has 0 aliphatic carbocycles. The second-order valence-corrected chi connectivity index (χ2v) is 8.85. The summed E-state index contributed by atoms with van der Waals surface area (Å²) in [6, 6.07) is 11.4. The van der Waals surface area contributed by atoms with Gasteiger partial charge in [0.25, 0.3) is 0 Å². The summed E-state index contributed by atoms with van der Waals surface area (Å²) in [6.45, 7) is 5.70. The Morgan fingerprint density at radius 2 is 1.78 bits per heavy atom. The third-order valence-electron chi connectivity index (χ3n) is 6.42. The highest BCUT2D eigenvalue weighted by Crippen LogP contribution is 2.41. The molecule has 2 aliphatic heterocycles. The van der Waals surface area contributed by atoms with E-state index in [1.807, 2.05) is 55.1 Å². The highest BCUT2D eigenvalue weighted by molar-refractivity contribution is 6.01. The van der Waals surface area contributed by atoms with Crippen LogP contribution in [-0.2, 0) is 4.79 Å². The van der Waals surface area contributed by atoms with Gasteiger partial charge >= 0.3 is 0 Å². The van der Waals surface area contributed by atoms with Crippen LogP contribution in [0.1, 0.15) is 53.6 Å². The first-order chi connectivity index (χ1) is 15.4. The molecule has 6 heteroatoms. The fourth-order valence-corrected chi connectivity index (χ4v) is 4.70. The van der Waals surface area contributed by atoms with Gasteiger partial charge < -0.3 is 19.1 Å². The van der Waals surface area contributed by atoms with Crippen LogP contribution in [0.2, 0.25) is 0 Å². The monoisotopic (exact) mass is 437 g/mol. The van der Waals surface area contributed by atoms with E-state index in [1.54, 1.807) is 7.11 Å². The van der Waals surface area contributed by atoms with Gasteiger partial charge in [0.1, 0.15) is 22.8 Å². The Morgan fingerprint density at radius 1 is 1.09 bits per heavy atom. The zero-order valence-corrected chi connectivity index (χ0v) is 19.1. The molecular weight excluding hydrogens is 406 g/mol. The molecule has 1 amide bonds. The number of carbonyl (C=O) groups excluding carboxylic acids is 2. The summed E-state index contributed by atoms with van der Waals surface area (Å²) >= 11 is 0. The van der Waals surface area contributed by atoms with Crippen molar-refractivity contribution in [2.45, 2.75) is 51.6 Å². The van der Waals surface area contributed by atoms with Crippen molar-refractivity contribution in [1.82, 2.24) is 4.90 Å². The molecule has 0 aromatic heterocycles. The quantitative estimate of drug-likeness (QED) is 0.623. The standard InChI is InChI=1S/C26H31NO5/c1-18-15-19(2)25-22(28)17-26(32-23(25)16-18)10-12-27(13-11-26)24(29)5-4-14-31-21-8-6-20(30-3)7-9-21/h6-9,15-16H,4-5,10-14,17H2,1-3H3. The molecule has 1 saturated heterocycles. The lowest BCUT2D eigenvalue weighted by molar-refractivity contribution is -0.135. The molecule has 0 radical (unpaired) electrons. The van der Waals surface area contributed by atoms with Crippen LogP contribution in [0, 0.1) is 13.8 Å². The van der Waals surface area contributed by atoms with Gasteiger partial charge in [-0.2, -0.15) is 0 Å². The smallest absolute Gasteiger partial charge is 0.222 e. The van der Waals surface area contributed by atoms with E-state index in [0.717, 1.165) is 28.2 Å². The molecule has 2 heterocycles. The molecule has 0 N–H and O–H groups in total. The number of ether oxygens (including phenoxy) is 3. The van der Waals surface area contributed by atoms with Gasteiger partial charge in [0.05, 0.1) is 25.7 Å². The van der Waals surface area contributed by atoms with Gasteiger partial charge in [-0.3, -0.25) is 9.59 Å². The maximum Gasteiger partial charge on any atom is 0.222 e. The van der Waals surface area contributed by atoms with Crippen molar-refractivity contribution < 1.29 is 23.8 Å². The maximum absolute atomic E-state index is 12.9. The molecule has 6 nitrogen and oxygen atoms in total. The van der Waals surface area contributed by atoms with Crippen LogP contribution in [0.5, 0.6) is 17.2 Å². The minimum atomic E-state index is -0.488. The number of carbonyl (C=O) groups is 2. The van der Waals surface area contributed by atoms with E-state index >= 15 is 0 Å². The van der Waals surface area contributed by atoms with Gasteiger partial charge in [-0.25, -0.2) is 0 Å². The van der Waals surface area contributed by atoms with E-state index in [1.165, 1.54) is 0 Å². The number of Topliss-reactive ketones (excluding diaryl/α,β-unsaturated/α-hetero) is 1. The van der Waals surface area contributed by atoms with Gasteiger partial charge in [-0.1, -0.05) is 6.07 Å². The summed E-state index contributed by atoms with van der Waals surface area (Å²) in [6.07, 6.45) is 2.86. The molecule has 1 spiro atoms. The van der Waals surface area contributed by atoms with Crippen LogP contribution < -0.4 is 14.2 Å². The fraction of sp³-hybridized carbons (Fsp3) is 0.462. The fourth-order valence-electron chi connectivity index (χ4n) is 4.70. The molecule has 4 rings (SSSR count). The lowest BCUT2D eigenvalue weighted by Gasteiger charge is -2.44. The second-order valence-electron chi connectivity index (χ2n) is 8.85. The molecule has 1 fully saturated rings. The number of benzene rings is 2. The Labute approximate surface area is 189 Å². The first-order valence-corrected chi connectivity index (χ1v) is 11.3. The highest BCUT2D eigenvalue weighted by Gasteiger charge is 2.44. The molecule has 2 aromatic rings. The molecule has 0 atom stereocenters. The number of nitrogens with zero attached hydrogens (tertiary/aromatic N) is 1. The normalized spacial score (nSPS) is 17.0. The van der Waals surface area contributed by atoms with E-state index in [4.69, 9.17) is 14.2 Å². The number of fused-ring (bicyclic) bond motifs is 1. The first-order valence-electron chi connectivity index (χ1n) is 11.3. The van der Waals surface area contributed by atoms with Crippen molar-refractivity contribution >= 4 is 11.7 Å². The van der Waals surface area contributed by atoms with Gasteiger partial charge in [-0.05, 0) is 61.7 Å². The third kappa shape index (κ3) is 4.74. The largest absolute Gasteiger partial charge is 0.497 e. The molecule has 2 aromatic carbocycles. The van der Waals surface area contributed by atoms with Crippen molar-refractivity contribution in [1.29, 1.82) is 0 Å². The zero-order chi connectivity index (χ0) is 22.7. The van der Waals surface area contributed by atoms with E-state index in [-0.39, 0.29) is 11.7 Å². The Balaban J connectivity index is 1.26. The second kappa shape index (κ2) is 9.23. The van der Waals surface area contributed by atoms with Crippen LogP contribution >= 0.6 is 0 Å². The third-order valence-corrected chi connectivity index (χ3v) is 6.42. The minimum absolute atomic E-state index is 0.132. The number of amides is 1. The Bertz CT molecular complexity index is 990. The summed E-state index contributed by atoms with van der Waals surface area (Å²) in [5.41, 5.74) is 2.30. The summed E-state index contributed by atoms with van der Waals surface area (Å²) in [5, 5.41) is 0. The number of hydrogen-bond donors (Lipinski definition) is 0. The van der Waals surface area contributed by atoms with E-state index in [2.05, 4.69) is 0 Å². The minimum Gasteiger partial charge on any atom is -0.497 e. The average molecular weight is 438 g/mol. The van der Waals surface area contributed by atoms with Crippen LogP contribution in [-0.4, -0.2) is 49.0 Å². The van der Waals surface area contributed by atoms with Crippen LogP contribution in [0.15, 0.2) is 36.4 Å². The Kier molecular flexibility index (Phi) is 6.40. The van der Waals surface area contributed by atoms with E-state index in [0.29, 0.717) is 57.6 Å². The van der Waals surface area contributed by atoms with Crippen molar-refractivity contribution in [3.05, 3.63) is 53.1 Å². The molecule has 32 heavy (non-hydrogen) atoms. The number of rotatable bonds is 6. The lowest BCUT2D eigenvalue weighted by atomic mass is 9.81.